The summed E-state index contributed by atoms with van der Waals surface area (Å²) in [6.07, 6.45) is 6.37. The van der Waals surface area contributed by atoms with E-state index >= 15 is 0 Å². The van der Waals surface area contributed by atoms with E-state index in [9.17, 15) is 0 Å². The highest BCUT2D eigenvalue weighted by Gasteiger charge is 1.98. The third-order valence-corrected chi connectivity index (χ3v) is 2.52. The predicted molar refractivity (Wildman–Crippen MR) is 73.5 cm³/mol. The largest absolute Gasteiger partial charge is 0.493 e. The average Bonchev–Trinajstić information content (AvgIpc) is 2.27. The van der Waals surface area contributed by atoms with E-state index in [0.717, 1.165) is 25.2 Å². The smallest absolute Gasteiger partial charge is 0.122 e. The molecule has 1 rings (SSSR count). The molecule has 17 heavy (non-hydrogen) atoms. The van der Waals surface area contributed by atoms with Gasteiger partial charge < -0.3 is 9.64 Å². The van der Waals surface area contributed by atoms with Gasteiger partial charge in [-0.25, -0.2) is 0 Å². The zero-order valence-electron chi connectivity index (χ0n) is 11.4. The molecule has 1 aromatic rings. The molecule has 0 fully saturated rings. The lowest BCUT2D eigenvalue weighted by atomic mass is 10.1. The van der Waals surface area contributed by atoms with Gasteiger partial charge >= 0.3 is 0 Å². The summed E-state index contributed by atoms with van der Waals surface area (Å²) in [4.78, 5) is 2.05. The molecule has 0 aliphatic heterocycles. The van der Waals surface area contributed by atoms with Crippen molar-refractivity contribution in [2.24, 2.45) is 0 Å². The van der Waals surface area contributed by atoms with E-state index in [0.29, 0.717) is 0 Å². The van der Waals surface area contributed by atoms with Crippen molar-refractivity contribution in [2.45, 2.75) is 26.7 Å². The summed E-state index contributed by atoms with van der Waals surface area (Å²) in [5.41, 5.74) is 2.46. The molecule has 0 heterocycles. The minimum atomic E-state index is 0.780. The minimum absolute atomic E-state index is 0.780. The number of hydrogen-bond donors (Lipinski definition) is 0. The normalized spacial score (nSPS) is 10.8. The molecule has 0 aliphatic rings. The molecule has 0 radical (unpaired) electrons. The molecule has 0 aliphatic carbocycles. The number of benzene rings is 1. The number of aryl methyl sites for hydroxylation is 2. The maximum absolute atomic E-state index is 5.78. The number of allylic oxidation sites excluding steroid dienone is 1. The van der Waals surface area contributed by atoms with Gasteiger partial charge in [0.05, 0.1) is 6.61 Å². The van der Waals surface area contributed by atoms with Crippen molar-refractivity contribution in [1.82, 2.24) is 4.90 Å². The summed E-state index contributed by atoms with van der Waals surface area (Å²) in [6.45, 7) is 4.95. The lowest BCUT2D eigenvalue weighted by Crippen LogP contribution is -2.01. The van der Waals surface area contributed by atoms with Gasteiger partial charge in [0.2, 0.25) is 0 Å². The number of ether oxygens (including phenoxy) is 1. The second-order valence-corrected chi connectivity index (χ2v) is 4.61. The summed E-state index contributed by atoms with van der Waals surface area (Å²) >= 11 is 0. The van der Waals surface area contributed by atoms with E-state index in [2.05, 4.69) is 44.3 Å². The van der Waals surface area contributed by atoms with Gasteiger partial charge in [-0.3, -0.25) is 0 Å². The molecule has 0 saturated carbocycles. The highest BCUT2D eigenvalue weighted by atomic mass is 16.5. The van der Waals surface area contributed by atoms with Crippen LogP contribution in [0.5, 0.6) is 5.75 Å². The molecule has 0 atom stereocenters. The van der Waals surface area contributed by atoms with Crippen LogP contribution in [0, 0.1) is 13.8 Å². The molecular weight excluding hydrogens is 210 g/mol. The zero-order chi connectivity index (χ0) is 12.7. The lowest BCUT2D eigenvalue weighted by molar-refractivity contribution is 0.309. The number of unbranched alkanes of at least 4 members (excludes halogenated alkanes) is 1. The molecule has 1 aromatic carbocycles. The van der Waals surface area contributed by atoms with E-state index in [4.69, 9.17) is 4.74 Å². The summed E-state index contributed by atoms with van der Waals surface area (Å²) in [5.74, 6) is 1.02. The Balaban J connectivity index is 2.29. The van der Waals surface area contributed by atoms with Crippen LogP contribution < -0.4 is 4.74 Å². The van der Waals surface area contributed by atoms with Crippen molar-refractivity contribution in [3.8, 4) is 5.75 Å². The first-order chi connectivity index (χ1) is 8.09. The van der Waals surface area contributed by atoms with Gasteiger partial charge in [0, 0.05) is 14.1 Å². The standard InChI is InChI=1S/C15H23NO/c1-13-8-9-14(2)15(12-13)17-11-7-5-6-10-16(3)4/h6,8-10,12H,5,7,11H2,1-4H3. The Labute approximate surface area is 105 Å². The number of nitrogens with zero attached hydrogens (tertiary/aromatic N) is 1. The van der Waals surface area contributed by atoms with Gasteiger partial charge in [-0.05, 0) is 50.1 Å². The van der Waals surface area contributed by atoms with Gasteiger partial charge in [-0.2, -0.15) is 0 Å². The van der Waals surface area contributed by atoms with Gasteiger partial charge in [0.15, 0.2) is 0 Å². The van der Waals surface area contributed by atoms with Crippen molar-refractivity contribution in [3.05, 3.63) is 41.6 Å². The number of hydrogen-bond acceptors (Lipinski definition) is 2. The van der Waals surface area contributed by atoms with E-state index in [-0.39, 0.29) is 0 Å². The molecule has 0 N–H and O–H groups in total. The highest BCUT2D eigenvalue weighted by molar-refractivity contribution is 5.35. The minimum Gasteiger partial charge on any atom is -0.493 e. The predicted octanol–water partition coefficient (Wildman–Crippen LogP) is 3.54. The number of rotatable bonds is 6. The first kappa shape index (κ1) is 13.6. The van der Waals surface area contributed by atoms with Crippen LogP contribution in [0.1, 0.15) is 24.0 Å². The third-order valence-electron chi connectivity index (χ3n) is 2.52. The van der Waals surface area contributed by atoms with Gasteiger partial charge in [-0.1, -0.05) is 18.2 Å². The Morgan fingerprint density at radius 3 is 2.71 bits per heavy atom. The Kier molecular flexibility index (Phi) is 5.61. The van der Waals surface area contributed by atoms with Crippen molar-refractivity contribution in [2.75, 3.05) is 20.7 Å². The Bertz CT molecular complexity index is 369. The average molecular weight is 233 g/mol. The summed E-state index contributed by atoms with van der Waals surface area (Å²) in [7, 11) is 4.06. The Morgan fingerprint density at radius 2 is 2.00 bits per heavy atom. The van der Waals surface area contributed by atoms with Crippen LogP contribution >= 0.6 is 0 Å². The van der Waals surface area contributed by atoms with E-state index in [1.807, 2.05) is 19.0 Å². The molecule has 0 bridgehead atoms. The first-order valence-electron chi connectivity index (χ1n) is 6.13. The fraction of sp³-hybridized carbons (Fsp3) is 0.467. The highest BCUT2D eigenvalue weighted by Crippen LogP contribution is 2.19. The fourth-order valence-electron chi connectivity index (χ4n) is 1.53. The van der Waals surface area contributed by atoms with Gasteiger partial charge in [0.25, 0.3) is 0 Å². The van der Waals surface area contributed by atoms with Crippen molar-refractivity contribution in [1.29, 1.82) is 0 Å². The summed E-state index contributed by atoms with van der Waals surface area (Å²) < 4.78 is 5.78. The molecule has 0 aromatic heterocycles. The summed E-state index contributed by atoms with van der Waals surface area (Å²) in [5, 5.41) is 0. The van der Waals surface area contributed by atoms with Crippen molar-refractivity contribution >= 4 is 0 Å². The van der Waals surface area contributed by atoms with Crippen LogP contribution in [0.15, 0.2) is 30.5 Å². The molecule has 2 nitrogen and oxygen atoms in total. The monoisotopic (exact) mass is 233 g/mol. The van der Waals surface area contributed by atoms with Crippen LogP contribution in [0.25, 0.3) is 0 Å². The molecule has 0 saturated heterocycles. The molecular formula is C15H23NO. The Hall–Kier alpha value is -1.44. The second kappa shape index (κ2) is 7.00. The SMILES string of the molecule is Cc1ccc(C)c(OCCCC=CN(C)C)c1. The molecule has 0 amide bonds. The van der Waals surface area contributed by atoms with Crippen LogP contribution in [0.2, 0.25) is 0 Å². The van der Waals surface area contributed by atoms with Crippen LogP contribution in [-0.4, -0.2) is 25.6 Å². The van der Waals surface area contributed by atoms with Crippen LogP contribution in [-0.2, 0) is 0 Å². The second-order valence-electron chi connectivity index (χ2n) is 4.61. The van der Waals surface area contributed by atoms with Crippen molar-refractivity contribution in [3.63, 3.8) is 0 Å². The molecule has 94 valence electrons. The molecule has 0 spiro atoms. The van der Waals surface area contributed by atoms with Gasteiger partial charge in [0.1, 0.15) is 5.75 Å². The van der Waals surface area contributed by atoms with E-state index in [1.165, 1.54) is 11.1 Å². The summed E-state index contributed by atoms with van der Waals surface area (Å²) in [6, 6.07) is 6.32. The maximum Gasteiger partial charge on any atom is 0.122 e. The zero-order valence-corrected chi connectivity index (χ0v) is 11.4. The lowest BCUT2D eigenvalue weighted by Gasteiger charge is -2.09. The maximum atomic E-state index is 5.78. The van der Waals surface area contributed by atoms with Crippen LogP contribution in [0.4, 0.5) is 0 Å². The first-order valence-corrected chi connectivity index (χ1v) is 6.13. The topological polar surface area (TPSA) is 12.5 Å². The van der Waals surface area contributed by atoms with Crippen LogP contribution in [0.3, 0.4) is 0 Å². The molecule has 2 heteroatoms. The van der Waals surface area contributed by atoms with Gasteiger partial charge in [-0.15, -0.1) is 0 Å². The fourth-order valence-corrected chi connectivity index (χ4v) is 1.53. The third kappa shape index (κ3) is 5.43. The molecule has 0 unspecified atom stereocenters. The Morgan fingerprint density at radius 1 is 1.24 bits per heavy atom. The van der Waals surface area contributed by atoms with E-state index < -0.39 is 0 Å². The van der Waals surface area contributed by atoms with E-state index in [1.54, 1.807) is 0 Å². The quantitative estimate of drug-likeness (QED) is 0.697. The van der Waals surface area contributed by atoms with Crippen molar-refractivity contribution < 1.29 is 4.74 Å².